The third-order valence-electron chi connectivity index (χ3n) is 2.53. The van der Waals surface area contributed by atoms with Gasteiger partial charge in [-0.15, -0.1) is 11.3 Å². The van der Waals surface area contributed by atoms with Crippen LogP contribution in [0.1, 0.15) is 5.56 Å². The number of carbonyl (C=O) groups is 1. The Morgan fingerprint density at radius 1 is 1.53 bits per heavy atom. The summed E-state index contributed by atoms with van der Waals surface area (Å²) < 4.78 is 6.49. The minimum absolute atomic E-state index is 0.390. The predicted octanol–water partition coefficient (Wildman–Crippen LogP) is 2.72. The van der Waals surface area contributed by atoms with Crippen LogP contribution in [0.15, 0.2) is 23.6 Å². The number of rotatable bonds is 4. The topological polar surface area (TPSA) is 58.6 Å². The van der Waals surface area contributed by atoms with Gasteiger partial charge in [-0.05, 0) is 40.9 Å². The van der Waals surface area contributed by atoms with Crippen molar-refractivity contribution in [3.8, 4) is 5.75 Å². The van der Waals surface area contributed by atoms with Gasteiger partial charge in [0.05, 0.1) is 7.11 Å². The SMILES string of the molecule is COc1cc2sccc2cc1CCNC(=O)O. The second-order valence-corrected chi connectivity index (χ2v) is 4.55. The number of hydrogen-bond donors (Lipinski definition) is 2. The molecule has 1 heterocycles. The molecule has 2 rings (SSSR count). The van der Waals surface area contributed by atoms with Gasteiger partial charge < -0.3 is 15.2 Å². The first kappa shape index (κ1) is 11.7. The smallest absolute Gasteiger partial charge is 0.404 e. The van der Waals surface area contributed by atoms with Gasteiger partial charge in [0.2, 0.25) is 0 Å². The second kappa shape index (κ2) is 5.05. The van der Waals surface area contributed by atoms with Crippen molar-refractivity contribution in [1.82, 2.24) is 5.32 Å². The van der Waals surface area contributed by atoms with E-state index < -0.39 is 6.09 Å². The largest absolute Gasteiger partial charge is 0.496 e. The first-order valence-electron chi connectivity index (χ1n) is 5.21. The minimum atomic E-state index is -0.999. The molecule has 0 aliphatic carbocycles. The van der Waals surface area contributed by atoms with Crippen LogP contribution in [0.25, 0.3) is 10.1 Å². The van der Waals surface area contributed by atoms with Gasteiger partial charge in [-0.3, -0.25) is 0 Å². The summed E-state index contributed by atoms with van der Waals surface area (Å²) in [4.78, 5) is 10.4. The number of ether oxygens (including phenoxy) is 1. The average Bonchev–Trinajstić information content (AvgIpc) is 2.74. The van der Waals surface area contributed by atoms with E-state index in [1.54, 1.807) is 18.4 Å². The zero-order valence-corrected chi connectivity index (χ0v) is 10.2. The summed E-state index contributed by atoms with van der Waals surface area (Å²) in [6, 6.07) is 6.10. The van der Waals surface area contributed by atoms with Crippen LogP contribution in [0.5, 0.6) is 5.75 Å². The second-order valence-electron chi connectivity index (χ2n) is 3.60. The molecule has 2 aromatic rings. The summed E-state index contributed by atoms with van der Waals surface area (Å²) in [5, 5.41) is 14.1. The normalized spacial score (nSPS) is 10.4. The van der Waals surface area contributed by atoms with Crippen LogP contribution >= 0.6 is 11.3 Å². The van der Waals surface area contributed by atoms with Crippen LogP contribution in [0.2, 0.25) is 0 Å². The molecule has 4 nitrogen and oxygen atoms in total. The summed E-state index contributed by atoms with van der Waals surface area (Å²) >= 11 is 1.66. The fourth-order valence-corrected chi connectivity index (χ4v) is 2.53. The molecule has 0 atom stereocenters. The number of carboxylic acid groups (broad SMARTS) is 1. The molecule has 0 aliphatic rings. The molecular weight excluding hydrogens is 238 g/mol. The number of nitrogens with one attached hydrogen (secondary N) is 1. The highest BCUT2D eigenvalue weighted by molar-refractivity contribution is 7.17. The molecule has 0 bridgehead atoms. The predicted molar refractivity (Wildman–Crippen MR) is 68.1 cm³/mol. The molecule has 0 saturated heterocycles. The number of hydrogen-bond acceptors (Lipinski definition) is 3. The van der Waals surface area contributed by atoms with E-state index in [0.717, 1.165) is 11.3 Å². The van der Waals surface area contributed by atoms with Gasteiger partial charge in [-0.25, -0.2) is 4.79 Å². The Kier molecular flexibility index (Phi) is 3.49. The van der Waals surface area contributed by atoms with Crippen molar-refractivity contribution >= 4 is 27.5 Å². The van der Waals surface area contributed by atoms with E-state index >= 15 is 0 Å². The zero-order valence-electron chi connectivity index (χ0n) is 9.40. The van der Waals surface area contributed by atoms with Crippen LogP contribution in [-0.4, -0.2) is 24.9 Å². The Hall–Kier alpha value is -1.75. The molecule has 0 saturated carbocycles. The summed E-state index contributed by atoms with van der Waals surface area (Å²) in [6.45, 7) is 0.390. The summed E-state index contributed by atoms with van der Waals surface area (Å²) in [7, 11) is 1.63. The molecule has 0 fully saturated rings. The molecule has 0 unspecified atom stereocenters. The van der Waals surface area contributed by atoms with Crippen LogP contribution in [-0.2, 0) is 6.42 Å². The van der Waals surface area contributed by atoms with Gasteiger partial charge in [0.1, 0.15) is 5.75 Å². The molecule has 0 aliphatic heterocycles. The summed E-state index contributed by atoms with van der Waals surface area (Å²) in [5.74, 6) is 0.812. The van der Waals surface area contributed by atoms with Crippen LogP contribution < -0.4 is 10.1 Å². The molecule has 5 heteroatoms. The van der Waals surface area contributed by atoms with E-state index in [0.29, 0.717) is 13.0 Å². The highest BCUT2D eigenvalue weighted by atomic mass is 32.1. The maximum absolute atomic E-state index is 10.4. The number of fused-ring (bicyclic) bond motifs is 1. The van der Waals surface area contributed by atoms with E-state index in [9.17, 15) is 4.79 Å². The molecule has 0 spiro atoms. The van der Waals surface area contributed by atoms with Gasteiger partial charge in [-0.1, -0.05) is 0 Å². The third-order valence-corrected chi connectivity index (χ3v) is 3.41. The van der Waals surface area contributed by atoms with Crippen LogP contribution in [0.3, 0.4) is 0 Å². The Morgan fingerprint density at radius 3 is 3.06 bits per heavy atom. The van der Waals surface area contributed by atoms with E-state index in [4.69, 9.17) is 9.84 Å². The summed E-state index contributed by atoms with van der Waals surface area (Å²) in [6.07, 6.45) is -0.373. The van der Waals surface area contributed by atoms with E-state index in [1.165, 1.54) is 10.1 Å². The Bertz CT molecular complexity index is 536. The van der Waals surface area contributed by atoms with Crippen molar-refractivity contribution < 1.29 is 14.6 Å². The number of benzene rings is 1. The molecule has 17 heavy (non-hydrogen) atoms. The number of thiophene rings is 1. The first-order valence-corrected chi connectivity index (χ1v) is 6.09. The Morgan fingerprint density at radius 2 is 2.35 bits per heavy atom. The molecule has 90 valence electrons. The first-order chi connectivity index (χ1) is 8.20. The van der Waals surface area contributed by atoms with E-state index in [2.05, 4.69) is 5.32 Å². The van der Waals surface area contributed by atoms with Crippen molar-refractivity contribution in [2.75, 3.05) is 13.7 Å². The molecule has 1 aromatic carbocycles. The van der Waals surface area contributed by atoms with Gasteiger partial charge in [0.15, 0.2) is 0 Å². The van der Waals surface area contributed by atoms with Crippen LogP contribution in [0, 0.1) is 0 Å². The average molecular weight is 251 g/mol. The highest BCUT2D eigenvalue weighted by Gasteiger charge is 2.06. The monoisotopic (exact) mass is 251 g/mol. The molecule has 2 N–H and O–H groups in total. The maximum atomic E-state index is 10.4. The lowest BCUT2D eigenvalue weighted by atomic mass is 10.1. The maximum Gasteiger partial charge on any atom is 0.404 e. The van der Waals surface area contributed by atoms with Gasteiger partial charge in [-0.2, -0.15) is 0 Å². The van der Waals surface area contributed by atoms with Crippen molar-refractivity contribution in [3.63, 3.8) is 0 Å². The Balaban J connectivity index is 2.21. The zero-order chi connectivity index (χ0) is 12.3. The third kappa shape index (κ3) is 2.68. The molecule has 0 radical (unpaired) electrons. The van der Waals surface area contributed by atoms with Gasteiger partial charge in [0, 0.05) is 11.2 Å². The van der Waals surface area contributed by atoms with E-state index in [-0.39, 0.29) is 0 Å². The fourth-order valence-electron chi connectivity index (χ4n) is 1.73. The van der Waals surface area contributed by atoms with Gasteiger partial charge in [0.25, 0.3) is 0 Å². The summed E-state index contributed by atoms with van der Waals surface area (Å²) in [5.41, 5.74) is 1.02. The quantitative estimate of drug-likeness (QED) is 0.878. The number of amides is 1. The minimum Gasteiger partial charge on any atom is -0.496 e. The van der Waals surface area contributed by atoms with Crippen molar-refractivity contribution in [2.45, 2.75) is 6.42 Å². The lowest BCUT2D eigenvalue weighted by Gasteiger charge is -2.08. The van der Waals surface area contributed by atoms with Gasteiger partial charge >= 0.3 is 6.09 Å². The Labute approximate surface area is 103 Å². The van der Waals surface area contributed by atoms with Crippen molar-refractivity contribution in [2.24, 2.45) is 0 Å². The fraction of sp³-hybridized carbons (Fsp3) is 0.250. The molecular formula is C12H13NO3S. The van der Waals surface area contributed by atoms with Crippen LogP contribution in [0.4, 0.5) is 4.79 Å². The molecule has 1 aromatic heterocycles. The standard InChI is InChI=1S/C12H13NO3S/c1-16-10-7-11-9(3-5-17-11)6-8(10)2-4-13-12(14)15/h3,5-7,13H,2,4H2,1H3,(H,14,15). The lowest BCUT2D eigenvalue weighted by Crippen LogP contribution is -2.23. The lowest BCUT2D eigenvalue weighted by molar-refractivity contribution is 0.194. The molecule has 1 amide bonds. The van der Waals surface area contributed by atoms with Crippen molar-refractivity contribution in [1.29, 1.82) is 0 Å². The highest BCUT2D eigenvalue weighted by Crippen LogP contribution is 2.29. The van der Waals surface area contributed by atoms with E-state index in [1.807, 2.05) is 23.6 Å². The van der Waals surface area contributed by atoms with Crippen molar-refractivity contribution in [3.05, 3.63) is 29.1 Å². The number of methoxy groups -OCH3 is 1.